The van der Waals surface area contributed by atoms with Crippen molar-refractivity contribution in [3.63, 3.8) is 0 Å². The highest BCUT2D eigenvalue weighted by atomic mass is 19.4. The van der Waals surface area contributed by atoms with Crippen molar-refractivity contribution in [2.75, 3.05) is 6.54 Å². The molecule has 0 saturated heterocycles. The Labute approximate surface area is 163 Å². The first-order valence-corrected chi connectivity index (χ1v) is 9.76. The van der Waals surface area contributed by atoms with Gasteiger partial charge in [0.2, 0.25) is 5.91 Å². The molecule has 1 aromatic rings. The van der Waals surface area contributed by atoms with Crippen LogP contribution in [-0.2, 0) is 11.0 Å². The van der Waals surface area contributed by atoms with Crippen LogP contribution in [0.5, 0.6) is 0 Å². The topological polar surface area (TPSA) is 70.2 Å². The monoisotopic (exact) mass is 399 g/mol. The standard InChI is InChI=1S/C20H28F3N3O2/c1-14(15-7-5-8-16(13-15)20(21,22)23)25-18(27)11-6-12-24-19(28)26-17-9-3-2-4-10-17/h5,7-8,13-14,17H,2-4,6,9-12H2,1H3,(H,25,27)(H2,24,26,28). The van der Waals surface area contributed by atoms with Crippen LogP contribution in [0.25, 0.3) is 0 Å². The number of hydrogen-bond acceptors (Lipinski definition) is 2. The number of nitrogens with one attached hydrogen (secondary N) is 3. The highest BCUT2D eigenvalue weighted by Crippen LogP contribution is 2.30. The van der Waals surface area contributed by atoms with E-state index >= 15 is 0 Å². The van der Waals surface area contributed by atoms with Crippen LogP contribution in [0.1, 0.15) is 69.0 Å². The number of amides is 3. The van der Waals surface area contributed by atoms with Gasteiger partial charge in [-0.1, -0.05) is 31.4 Å². The van der Waals surface area contributed by atoms with Crippen LogP contribution >= 0.6 is 0 Å². The van der Waals surface area contributed by atoms with Crippen LogP contribution in [0, 0.1) is 0 Å². The number of carbonyl (C=O) groups is 2. The molecule has 1 saturated carbocycles. The summed E-state index contributed by atoms with van der Waals surface area (Å²) in [4.78, 5) is 23.8. The lowest BCUT2D eigenvalue weighted by atomic mass is 9.96. The Morgan fingerprint density at radius 3 is 2.57 bits per heavy atom. The molecule has 1 aliphatic carbocycles. The molecule has 0 spiro atoms. The molecule has 5 nitrogen and oxygen atoms in total. The SMILES string of the molecule is CC(NC(=O)CCCNC(=O)NC1CCCCC1)c1cccc(C(F)(F)F)c1. The summed E-state index contributed by atoms with van der Waals surface area (Å²) in [6.45, 7) is 2.01. The summed E-state index contributed by atoms with van der Waals surface area (Å²) < 4.78 is 38.4. The predicted molar refractivity (Wildman–Crippen MR) is 101 cm³/mol. The summed E-state index contributed by atoms with van der Waals surface area (Å²) in [5.41, 5.74) is -0.340. The maximum absolute atomic E-state index is 12.8. The third kappa shape index (κ3) is 7.40. The Hall–Kier alpha value is -2.25. The fourth-order valence-electron chi connectivity index (χ4n) is 3.32. The van der Waals surface area contributed by atoms with Crippen molar-refractivity contribution in [2.24, 2.45) is 0 Å². The Kier molecular flexibility index (Phi) is 8.14. The molecule has 1 aliphatic rings. The highest BCUT2D eigenvalue weighted by molar-refractivity contribution is 5.77. The van der Waals surface area contributed by atoms with Gasteiger partial charge in [0, 0.05) is 19.0 Å². The van der Waals surface area contributed by atoms with E-state index < -0.39 is 17.8 Å². The van der Waals surface area contributed by atoms with E-state index in [-0.39, 0.29) is 24.4 Å². The van der Waals surface area contributed by atoms with Crippen molar-refractivity contribution >= 4 is 11.9 Å². The van der Waals surface area contributed by atoms with Crippen LogP contribution in [0.4, 0.5) is 18.0 Å². The molecular weight excluding hydrogens is 371 g/mol. The summed E-state index contributed by atoms with van der Waals surface area (Å²) in [6, 6.07) is 4.41. The van der Waals surface area contributed by atoms with E-state index in [0.717, 1.165) is 37.8 Å². The van der Waals surface area contributed by atoms with Crippen LogP contribution in [0.15, 0.2) is 24.3 Å². The molecule has 0 bridgehead atoms. The van der Waals surface area contributed by atoms with Crippen molar-refractivity contribution in [1.29, 1.82) is 0 Å². The molecule has 0 heterocycles. The molecule has 1 unspecified atom stereocenters. The first-order valence-electron chi connectivity index (χ1n) is 9.76. The molecule has 0 aliphatic heterocycles. The molecule has 1 fully saturated rings. The van der Waals surface area contributed by atoms with Gasteiger partial charge in [0.05, 0.1) is 11.6 Å². The molecule has 1 aromatic carbocycles. The molecule has 28 heavy (non-hydrogen) atoms. The zero-order valence-electron chi connectivity index (χ0n) is 16.1. The van der Waals surface area contributed by atoms with Crippen LogP contribution in [-0.4, -0.2) is 24.5 Å². The van der Waals surface area contributed by atoms with E-state index in [1.807, 2.05) is 0 Å². The Morgan fingerprint density at radius 1 is 1.18 bits per heavy atom. The molecule has 3 amide bonds. The van der Waals surface area contributed by atoms with Gasteiger partial charge < -0.3 is 16.0 Å². The van der Waals surface area contributed by atoms with Gasteiger partial charge in [-0.2, -0.15) is 13.2 Å². The number of benzene rings is 1. The highest BCUT2D eigenvalue weighted by Gasteiger charge is 2.30. The van der Waals surface area contributed by atoms with Gasteiger partial charge in [-0.05, 0) is 43.9 Å². The molecule has 2 rings (SSSR count). The number of halogens is 3. The Morgan fingerprint density at radius 2 is 1.89 bits per heavy atom. The molecule has 8 heteroatoms. The smallest absolute Gasteiger partial charge is 0.350 e. The summed E-state index contributed by atoms with van der Waals surface area (Å²) in [5, 5.41) is 8.37. The van der Waals surface area contributed by atoms with Gasteiger partial charge in [-0.25, -0.2) is 4.79 Å². The molecule has 0 aromatic heterocycles. The maximum Gasteiger partial charge on any atom is 0.416 e. The predicted octanol–water partition coefficient (Wildman–Crippen LogP) is 4.29. The van der Waals surface area contributed by atoms with Gasteiger partial charge in [0.15, 0.2) is 0 Å². The van der Waals surface area contributed by atoms with Gasteiger partial charge in [0.25, 0.3) is 0 Å². The van der Waals surface area contributed by atoms with Crippen molar-refractivity contribution in [3.05, 3.63) is 35.4 Å². The van der Waals surface area contributed by atoms with Crippen LogP contribution < -0.4 is 16.0 Å². The van der Waals surface area contributed by atoms with Crippen molar-refractivity contribution < 1.29 is 22.8 Å². The second kappa shape index (κ2) is 10.3. The van der Waals surface area contributed by atoms with Crippen LogP contribution in [0.2, 0.25) is 0 Å². The number of hydrogen-bond donors (Lipinski definition) is 3. The quantitative estimate of drug-likeness (QED) is 0.599. The lowest BCUT2D eigenvalue weighted by Gasteiger charge is -2.22. The van der Waals surface area contributed by atoms with E-state index in [0.29, 0.717) is 18.5 Å². The second-order valence-electron chi connectivity index (χ2n) is 7.25. The molecule has 156 valence electrons. The van der Waals surface area contributed by atoms with Gasteiger partial charge in [0.1, 0.15) is 0 Å². The van der Waals surface area contributed by atoms with Gasteiger partial charge >= 0.3 is 12.2 Å². The van der Waals surface area contributed by atoms with E-state index in [2.05, 4.69) is 16.0 Å². The third-order valence-corrected chi connectivity index (χ3v) is 4.90. The number of urea groups is 1. The average Bonchev–Trinajstić information content (AvgIpc) is 2.65. The zero-order valence-corrected chi connectivity index (χ0v) is 16.1. The normalized spacial score (nSPS) is 16.3. The third-order valence-electron chi connectivity index (χ3n) is 4.90. The van der Waals surface area contributed by atoms with E-state index in [4.69, 9.17) is 0 Å². The maximum atomic E-state index is 12.8. The lowest BCUT2D eigenvalue weighted by molar-refractivity contribution is -0.137. The Bertz CT molecular complexity index is 658. The van der Waals surface area contributed by atoms with Crippen LogP contribution in [0.3, 0.4) is 0 Å². The second-order valence-corrected chi connectivity index (χ2v) is 7.25. The first-order chi connectivity index (χ1) is 13.3. The average molecular weight is 399 g/mol. The largest absolute Gasteiger partial charge is 0.416 e. The number of alkyl halides is 3. The van der Waals surface area contributed by atoms with E-state index in [1.165, 1.54) is 12.5 Å². The molecule has 1 atom stereocenters. The number of rotatable bonds is 7. The van der Waals surface area contributed by atoms with E-state index in [9.17, 15) is 22.8 Å². The van der Waals surface area contributed by atoms with Crippen molar-refractivity contribution in [2.45, 2.75) is 70.1 Å². The lowest BCUT2D eigenvalue weighted by Crippen LogP contribution is -2.43. The minimum absolute atomic E-state index is 0.188. The fraction of sp³-hybridized carbons (Fsp3) is 0.600. The summed E-state index contributed by atoms with van der Waals surface area (Å²) >= 11 is 0. The summed E-state index contributed by atoms with van der Waals surface area (Å²) in [5.74, 6) is -0.264. The summed E-state index contributed by atoms with van der Waals surface area (Å²) in [6.07, 6.45) is 1.72. The minimum atomic E-state index is -4.41. The first kappa shape index (κ1) is 22.0. The number of carbonyl (C=O) groups excluding carboxylic acids is 2. The Balaban J connectivity index is 1.67. The zero-order chi connectivity index (χ0) is 20.6. The fourth-order valence-corrected chi connectivity index (χ4v) is 3.32. The van der Waals surface area contributed by atoms with Gasteiger partial charge in [-0.15, -0.1) is 0 Å². The minimum Gasteiger partial charge on any atom is -0.350 e. The van der Waals surface area contributed by atoms with Crippen molar-refractivity contribution in [1.82, 2.24) is 16.0 Å². The van der Waals surface area contributed by atoms with Crippen molar-refractivity contribution in [3.8, 4) is 0 Å². The van der Waals surface area contributed by atoms with E-state index in [1.54, 1.807) is 13.0 Å². The summed E-state index contributed by atoms with van der Waals surface area (Å²) in [7, 11) is 0. The molecular formula is C20H28F3N3O2. The molecule has 0 radical (unpaired) electrons. The molecule has 3 N–H and O–H groups in total. The van der Waals surface area contributed by atoms with Gasteiger partial charge in [-0.3, -0.25) is 4.79 Å².